The lowest BCUT2D eigenvalue weighted by atomic mass is 9.99. The summed E-state index contributed by atoms with van der Waals surface area (Å²) in [5, 5.41) is 6.08. The molecule has 2 rings (SSSR count). The zero-order chi connectivity index (χ0) is 17.7. The molecule has 1 aromatic rings. The van der Waals surface area contributed by atoms with Crippen LogP contribution in [0.25, 0.3) is 0 Å². The molecule has 2 amide bonds. The van der Waals surface area contributed by atoms with E-state index in [-0.39, 0.29) is 17.4 Å². The van der Waals surface area contributed by atoms with Gasteiger partial charge < -0.3 is 15.5 Å². The van der Waals surface area contributed by atoms with E-state index in [0.29, 0.717) is 18.0 Å². The molecule has 1 fully saturated rings. The molecule has 24 heavy (non-hydrogen) atoms. The molecule has 5 nitrogen and oxygen atoms in total. The summed E-state index contributed by atoms with van der Waals surface area (Å²) in [6.07, 6.45) is 2.17. The molecule has 1 saturated heterocycles. The molecule has 1 aromatic carbocycles. The van der Waals surface area contributed by atoms with Crippen molar-refractivity contribution >= 4 is 17.5 Å². The van der Waals surface area contributed by atoms with Gasteiger partial charge in [0.25, 0.3) is 5.91 Å². The van der Waals surface area contributed by atoms with Crippen molar-refractivity contribution in [3.8, 4) is 0 Å². The third-order valence-electron chi connectivity index (χ3n) is 4.22. The van der Waals surface area contributed by atoms with Crippen LogP contribution in [0.4, 0.5) is 5.69 Å². The molecule has 0 spiro atoms. The lowest BCUT2D eigenvalue weighted by Gasteiger charge is -2.30. The highest BCUT2D eigenvalue weighted by Gasteiger charge is 2.20. The summed E-state index contributed by atoms with van der Waals surface area (Å²) in [7, 11) is 0. The van der Waals surface area contributed by atoms with Crippen LogP contribution < -0.4 is 10.6 Å². The van der Waals surface area contributed by atoms with E-state index < -0.39 is 0 Å². The Morgan fingerprint density at radius 3 is 2.25 bits per heavy atom. The predicted octanol–water partition coefficient (Wildman–Crippen LogP) is 2.89. The number of hydrogen-bond donors (Lipinski definition) is 2. The summed E-state index contributed by atoms with van der Waals surface area (Å²) in [6, 6.07) is 7.22. The van der Waals surface area contributed by atoms with E-state index in [0.717, 1.165) is 31.6 Å². The number of likely N-dealkylation sites (tertiary alicyclic amines) is 1. The molecular formula is C19H29N3O2. The Balaban J connectivity index is 1.83. The van der Waals surface area contributed by atoms with Crippen molar-refractivity contribution in [3.05, 3.63) is 29.8 Å². The minimum atomic E-state index is -0.258. The van der Waals surface area contributed by atoms with Crippen molar-refractivity contribution in [3.63, 3.8) is 0 Å². The van der Waals surface area contributed by atoms with Crippen LogP contribution in [0.5, 0.6) is 0 Å². The largest absolute Gasteiger partial charge is 0.376 e. The zero-order valence-corrected chi connectivity index (χ0v) is 15.2. The second-order valence-corrected chi connectivity index (χ2v) is 7.70. The van der Waals surface area contributed by atoms with E-state index in [2.05, 4.69) is 17.6 Å². The smallest absolute Gasteiger partial charge is 0.251 e. The van der Waals surface area contributed by atoms with E-state index in [1.807, 2.05) is 37.8 Å². The third kappa shape index (κ3) is 5.55. The highest BCUT2D eigenvalue weighted by molar-refractivity contribution is 5.95. The number of benzene rings is 1. The maximum atomic E-state index is 12.2. The highest BCUT2D eigenvalue weighted by Crippen LogP contribution is 2.16. The van der Waals surface area contributed by atoms with Crippen molar-refractivity contribution in [1.29, 1.82) is 0 Å². The Hall–Kier alpha value is -2.04. The standard InChI is InChI=1S/C19H29N3O2/c1-14-9-11-22(12-10-14)17(23)13-20-16-7-5-15(6-8-16)18(24)21-19(2,3)4/h5-8,14,20H,9-13H2,1-4H3,(H,21,24). The van der Waals surface area contributed by atoms with E-state index in [1.54, 1.807) is 12.1 Å². The first-order valence-electron chi connectivity index (χ1n) is 8.69. The van der Waals surface area contributed by atoms with Crippen LogP contribution in [0.1, 0.15) is 50.9 Å². The van der Waals surface area contributed by atoms with Gasteiger partial charge in [-0.05, 0) is 63.8 Å². The van der Waals surface area contributed by atoms with E-state index in [1.165, 1.54) is 0 Å². The monoisotopic (exact) mass is 331 g/mol. The predicted molar refractivity (Wildman–Crippen MR) is 97.1 cm³/mol. The number of anilines is 1. The number of carbonyl (C=O) groups is 2. The van der Waals surface area contributed by atoms with Crippen molar-refractivity contribution in [2.45, 2.75) is 46.1 Å². The van der Waals surface area contributed by atoms with Gasteiger partial charge in [0.05, 0.1) is 6.54 Å². The summed E-state index contributed by atoms with van der Waals surface area (Å²) in [4.78, 5) is 26.2. The summed E-state index contributed by atoms with van der Waals surface area (Å²) >= 11 is 0. The number of nitrogens with zero attached hydrogens (tertiary/aromatic N) is 1. The van der Waals surface area contributed by atoms with Gasteiger partial charge in [0.1, 0.15) is 0 Å². The molecule has 0 aromatic heterocycles. The molecule has 0 aliphatic carbocycles. The minimum Gasteiger partial charge on any atom is -0.376 e. The SMILES string of the molecule is CC1CCN(C(=O)CNc2ccc(C(=O)NC(C)(C)C)cc2)CC1. The Morgan fingerprint density at radius 2 is 1.71 bits per heavy atom. The van der Waals surface area contributed by atoms with E-state index in [4.69, 9.17) is 0 Å². The molecule has 132 valence electrons. The Bertz CT molecular complexity index is 567. The molecule has 2 N–H and O–H groups in total. The number of piperidine rings is 1. The van der Waals surface area contributed by atoms with Crippen LogP contribution in [-0.4, -0.2) is 41.9 Å². The fraction of sp³-hybridized carbons (Fsp3) is 0.579. The van der Waals surface area contributed by atoms with E-state index in [9.17, 15) is 9.59 Å². The maximum Gasteiger partial charge on any atom is 0.251 e. The second-order valence-electron chi connectivity index (χ2n) is 7.70. The van der Waals surface area contributed by atoms with Crippen molar-refractivity contribution < 1.29 is 9.59 Å². The number of hydrogen-bond acceptors (Lipinski definition) is 3. The number of carbonyl (C=O) groups excluding carboxylic acids is 2. The minimum absolute atomic E-state index is 0.0902. The average Bonchev–Trinajstić information content (AvgIpc) is 2.52. The molecule has 0 saturated carbocycles. The lowest BCUT2D eigenvalue weighted by Crippen LogP contribution is -2.41. The summed E-state index contributed by atoms with van der Waals surface area (Å²) in [6.45, 7) is 10.1. The molecule has 1 aliphatic rings. The highest BCUT2D eigenvalue weighted by atomic mass is 16.2. The lowest BCUT2D eigenvalue weighted by molar-refractivity contribution is -0.130. The number of rotatable bonds is 4. The van der Waals surface area contributed by atoms with Crippen LogP contribution in [0, 0.1) is 5.92 Å². The molecule has 5 heteroatoms. The van der Waals surface area contributed by atoms with Gasteiger partial charge in [-0.1, -0.05) is 6.92 Å². The average molecular weight is 331 g/mol. The first-order chi connectivity index (χ1) is 11.2. The summed E-state index contributed by atoms with van der Waals surface area (Å²) in [5.74, 6) is 0.762. The number of nitrogens with one attached hydrogen (secondary N) is 2. The second kappa shape index (κ2) is 7.69. The van der Waals surface area contributed by atoms with Crippen LogP contribution in [0.3, 0.4) is 0 Å². The summed E-state index contributed by atoms with van der Waals surface area (Å²) < 4.78 is 0. The van der Waals surface area contributed by atoms with Gasteiger partial charge in [0, 0.05) is 29.9 Å². The van der Waals surface area contributed by atoms with Crippen molar-refractivity contribution in [2.75, 3.05) is 25.0 Å². The van der Waals surface area contributed by atoms with Crippen molar-refractivity contribution in [2.24, 2.45) is 5.92 Å². The quantitative estimate of drug-likeness (QED) is 0.892. The van der Waals surface area contributed by atoms with Gasteiger partial charge in [0.2, 0.25) is 5.91 Å². The van der Waals surface area contributed by atoms with Crippen LogP contribution in [-0.2, 0) is 4.79 Å². The van der Waals surface area contributed by atoms with Crippen LogP contribution in [0.15, 0.2) is 24.3 Å². The fourth-order valence-electron chi connectivity index (χ4n) is 2.70. The Morgan fingerprint density at radius 1 is 1.12 bits per heavy atom. The van der Waals surface area contributed by atoms with E-state index >= 15 is 0 Å². The molecule has 0 atom stereocenters. The Labute approximate surface area is 144 Å². The topological polar surface area (TPSA) is 61.4 Å². The van der Waals surface area contributed by atoms with Gasteiger partial charge in [-0.2, -0.15) is 0 Å². The van der Waals surface area contributed by atoms with Crippen molar-refractivity contribution in [1.82, 2.24) is 10.2 Å². The number of amides is 2. The fourth-order valence-corrected chi connectivity index (χ4v) is 2.70. The van der Waals surface area contributed by atoms with Crippen LogP contribution >= 0.6 is 0 Å². The first-order valence-corrected chi connectivity index (χ1v) is 8.69. The van der Waals surface area contributed by atoms with Gasteiger partial charge in [-0.15, -0.1) is 0 Å². The van der Waals surface area contributed by atoms with Gasteiger partial charge >= 0.3 is 0 Å². The molecule has 1 heterocycles. The molecule has 0 radical (unpaired) electrons. The molecular weight excluding hydrogens is 302 g/mol. The normalized spacial score (nSPS) is 15.9. The summed E-state index contributed by atoms with van der Waals surface area (Å²) in [5.41, 5.74) is 1.21. The zero-order valence-electron chi connectivity index (χ0n) is 15.2. The molecule has 0 unspecified atom stereocenters. The first kappa shape index (κ1) is 18.3. The van der Waals surface area contributed by atoms with Gasteiger partial charge in [-0.25, -0.2) is 0 Å². The molecule has 1 aliphatic heterocycles. The van der Waals surface area contributed by atoms with Gasteiger partial charge in [-0.3, -0.25) is 9.59 Å². The van der Waals surface area contributed by atoms with Gasteiger partial charge in [0.15, 0.2) is 0 Å². The molecule has 0 bridgehead atoms. The third-order valence-corrected chi connectivity index (χ3v) is 4.22. The van der Waals surface area contributed by atoms with Crippen LogP contribution in [0.2, 0.25) is 0 Å². The maximum absolute atomic E-state index is 12.2. The Kier molecular flexibility index (Phi) is 5.86.